The third-order valence-corrected chi connectivity index (χ3v) is 3.24. The van der Waals surface area contributed by atoms with Crippen LogP contribution in [0.3, 0.4) is 0 Å². The SMILES string of the molecule is C=CCOc1ccc(NC(=S)NC[C@H]2CCCO2)cc1. The van der Waals surface area contributed by atoms with Crippen LogP contribution in [-0.4, -0.2) is 31.0 Å². The number of ether oxygens (including phenoxy) is 2. The predicted molar refractivity (Wildman–Crippen MR) is 85.3 cm³/mol. The first-order chi connectivity index (χ1) is 9.78. The molecule has 1 aromatic carbocycles. The highest BCUT2D eigenvalue weighted by Gasteiger charge is 2.15. The van der Waals surface area contributed by atoms with Crippen LogP contribution in [0.4, 0.5) is 5.69 Å². The van der Waals surface area contributed by atoms with Crippen molar-refractivity contribution in [3.05, 3.63) is 36.9 Å². The topological polar surface area (TPSA) is 42.5 Å². The molecule has 1 fully saturated rings. The molecule has 4 nitrogen and oxygen atoms in total. The van der Waals surface area contributed by atoms with E-state index in [0.717, 1.165) is 37.4 Å². The first-order valence-electron chi connectivity index (χ1n) is 6.78. The Bertz CT molecular complexity index is 442. The summed E-state index contributed by atoms with van der Waals surface area (Å²) in [7, 11) is 0. The molecule has 20 heavy (non-hydrogen) atoms. The van der Waals surface area contributed by atoms with Crippen LogP contribution in [0.15, 0.2) is 36.9 Å². The quantitative estimate of drug-likeness (QED) is 0.623. The molecule has 0 aliphatic carbocycles. The summed E-state index contributed by atoms with van der Waals surface area (Å²) >= 11 is 5.25. The molecule has 0 aromatic heterocycles. The number of hydrogen-bond acceptors (Lipinski definition) is 3. The molecule has 1 heterocycles. The summed E-state index contributed by atoms with van der Waals surface area (Å²) in [5.41, 5.74) is 0.931. The summed E-state index contributed by atoms with van der Waals surface area (Å²) in [5.74, 6) is 0.814. The van der Waals surface area contributed by atoms with Gasteiger partial charge in [-0.25, -0.2) is 0 Å². The first kappa shape index (κ1) is 14.8. The van der Waals surface area contributed by atoms with Gasteiger partial charge in [0.1, 0.15) is 12.4 Å². The molecule has 108 valence electrons. The first-order valence-corrected chi connectivity index (χ1v) is 7.19. The van der Waals surface area contributed by atoms with E-state index in [0.29, 0.717) is 11.7 Å². The fourth-order valence-electron chi connectivity index (χ4n) is 1.98. The van der Waals surface area contributed by atoms with E-state index in [4.69, 9.17) is 21.7 Å². The molecule has 1 saturated heterocycles. The van der Waals surface area contributed by atoms with E-state index in [9.17, 15) is 0 Å². The van der Waals surface area contributed by atoms with Gasteiger partial charge in [-0.15, -0.1) is 0 Å². The third kappa shape index (κ3) is 4.83. The minimum atomic E-state index is 0.282. The standard InChI is InChI=1S/C15H20N2O2S/c1-2-9-18-13-7-5-12(6-8-13)17-15(20)16-11-14-4-3-10-19-14/h2,5-8,14H,1,3-4,9-11H2,(H2,16,17,20)/t14-/m1/s1. The summed E-state index contributed by atoms with van der Waals surface area (Å²) in [5, 5.41) is 6.92. The van der Waals surface area contributed by atoms with Crippen LogP contribution in [0.2, 0.25) is 0 Å². The van der Waals surface area contributed by atoms with Crippen molar-refractivity contribution >= 4 is 23.0 Å². The third-order valence-electron chi connectivity index (χ3n) is 2.99. The lowest BCUT2D eigenvalue weighted by molar-refractivity contribution is 0.114. The summed E-state index contributed by atoms with van der Waals surface area (Å²) in [6.45, 7) is 5.74. The summed E-state index contributed by atoms with van der Waals surface area (Å²) in [6, 6.07) is 7.65. The second-order valence-electron chi connectivity index (χ2n) is 4.59. The Morgan fingerprint density at radius 3 is 2.90 bits per heavy atom. The van der Waals surface area contributed by atoms with E-state index < -0.39 is 0 Å². The zero-order chi connectivity index (χ0) is 14.2. The molecule has 5 heteroatoms. The van der Waals surface area contributed by atoms with Crippen molar-refractivity contribution in [2.75, 3.05) is 25.1 Å². The average Bonchev–Trinajstić information content (AvgIpc) is 2.98. The maximum absolute atomic E-state index is 5.53. The van der Waals surface area contributed by atoms with Gasteiger partial charge in [-0.3, -0.25) is 0 Å². The van der Waals surface area contributed by atoms with E-state index in [1.807, 2.05) is 24.3 Å². The smallest absolute Gasteiger partial charge is 0.170 e. The Labute approximate surface area is 125 Å². The number of rotatable bonds is 6. The molecule has 0 saturated carbocycles. The molecular formula is C15H20N2O2S. The van der Waals surface area contributed by atoms with E-state index >= 15 is 0 Å². The zero-order valence-corrected chi connectivity index (χ0v) is 12.2. The molecule has 0 amide bonds. The van der Waals surface area contributed by atoms with Gasteiger partial charge in [0.15, 0.2) is 5.11 Å². The monoisotopic (exact) mass is 292 g/mol. The maximum atomic E-state index is 5.53. The second kappa shape index (κ2) is 7.87. The molecule has 2 N–H and O–H groups in total. The van der Waals surface area contributed by atoms with E-state index in [-0.39, 0.29) is 6.10 Å². The Morgan fingerprint density at radius 1 is 1.45 bits per heavy atom. The summed E-state index contributed by atoms with van der Waals surface area (Å²) < 4.78 is 11.0. The van der Waals surface area contributed by atoms with E-state index in [1.54, 1.807) is 6.08 Å². The van der Waals surface area contributed by atoms with Gasteiger partial charge < -0.3 is 20.1 Å². The highest BCUT2D eigenvalue weighted by Crippen LogP contribution is 2.15. The van der Waals surface area contributed by atoms with Crippen molar-refractivity contribution in [2.24, 2.45) is 0 Å². The molecule has 1 aliphatic heterocycles. The van der Waals surface area contributed by atoms with Crippen LogP contribution in [0.25, 0.3) is 0 Å². The second-order valence-corrected chi connectivity index (χ2v) is 5.00. The van der Waals surface area contributed by atoms with Crippen molar-refractivity contribution in [1.29, 1.82) is 0 Å². The largest absolute Gasteiger partial charge is 0.490 e. The summed E-state index contributed by atoms with van der Waals surface area (Å²) in [6.07, 6.45) is 4.24. The van der Waals surface area contributed by atoms with Crippen molar-refractivity contribution in [1.82, 2.24) is 5.32 Å². The Morgan fingerprint density at radius 2 is 2.25 bits per heavy atom. The van der Waals surface area contributed by atoms with Gasteiger partial charge in [-0.05, 0) is 49.3 Å². The Balaban J connectivity index is 1.74. The van der Waals surface area contributed by atoms with Crippen LogP contribution >= 0.6 is 12.2 Å². The van der Waals surface area contributed by atoms with Crippen molar-refractivity contribution in [3.63, 3.8) is 0 Å². The summed E-state index contributed by atoms with van der Waals surface area (Å²) in [4.78, 5) is 0. The van der Waals surface area contributed by atoms with Crippen molar-refractivity contribution in [2.45, 2.75) is 18.9 Å². The molecule has 2 rings (SSSR count). The van der Waals surface area contributed by atoms with Gasteiger partial charge in [0.25, 0.3) is 0 Å². The van der Waals surface area contributed by atoms with Crippen molar-refractivity contribution < 1.29 is 9.47 Å². The van der Waals surface area contributed by atoms with Gasteiger partial charge in [0.05, 0.1) is 6.10 Å². The minimum absolute atomic E-state index is 0.282. The molecule has 1 atom stereocenters. The van der Waals surface area contributed by atoms with Gasteiger partial charge >= 0.3 is 0 Å². The van der Waals surface area contributed by atoms with Crippen LogP contribution in [0.1, 0.15) is 12.8 Å². The molecule has 0 bridgehead atoms. The van der Waals surface area contributed by atoms with Gasteiger partial charge in [-0.2, -0.15) is 0 Å². The minimum Gasteiger partial charge on any atom is -0.490 e. The van der Waals surface area contributed by atoms with Crippen molar-refractivity contribution in [3.8, 4) is 5.75 Å². The molecule has 1 aliphatic rings. The molecule has 0 unspecified atom stereocenters. The number of hydrogen-bond donors (Lipinski definition) is 2. The Hall–Kier alpha value is -1.59. The van der Waals surface area contributed by atoms with Crippen LogP contribution in [0.5, 0.6) is 5.75 Å². The van der Waals surface area contributed by atoms with Gasteiger partial charge in [-0.1, -0.05) is 12.7 Å². The molecule has 0 radical (unpaired) electrons. The van der Waals surface area contributed by atoms with Gasteiger partial charge in [0.2, 0.25) is 0 Å². The van der Waals surface area contributed by atoms with Crippen LogP contribution < -0.4 is 15.4 Å². The number of nitrogens with one attached hydrogen (secondary N) is 2. The molecule has 1 aromatic rings. The maximum Gasteiger partial charge on any atom is 0.170 e. The Kier molecular flexibility index (Phi) is 5.83. The molecule has 0 spiro atoms. The molecular weight excluding hydrogens is 272 g/mol. The van der Waals surface area contributed by atoms with Crippen LogP contribution in [0, 0.1) is 0 Å². The lowest BCUT2D eigenvalue weighted by Gasteiger charge is -2.14. The lowest BCUT2D eigenvalue weighted by atomic mass is 10.2. The number of anilines is 1. The van der Waals surface area contributed by atoms with E-state index in [2.05, 4.69) is 17.2 Å². The zero-order valence-electron chi connectivity index (χ0n) is 11.4. The average molecular weight is 292 g/mol. The fraction of sp³-hybridized carbons (Fsp3) is 0.400. The lowest BCUT2D eigenvalue weighted by Crippen LogP contribution is -2.34. The van der Waals surface area contributed by atoms with E-state index in [1.165, 1.54) is 0 Å². The fourth-order valence-corrected chi connectivity index (χ4v) is 2.18. The number of benzene rings is 1. The normalized spacial score (nSPS) is 17.5. The highest BCUT2D eigenvalue weighted by atomic mass is 32.1. The van der Waals surface area contributed by atoms with Crippen LogP contribution in [-0.2, 0) is 4.74 Å². The highest BCUT2D eigenvalue weighted by molar-refractivity contribution is 7.80. The predicted octanol–water partition coefficient (Wildman–Crippen LogP) is 2.72. The number of thiocarbonyl (C=S) groups is 1. The van der Waals surface area contributed by atoms with Gasteiger partial charge in [0, 0.05) is 18.8 Å².